The summed E-state index contributed by atoms with van der Waals surface area (Å²) < 4.78 is 9.91. The van der Waals surface area contributed by atoms with Crippen LogP contribution >= 0.6 is 11.8 Å². The molecule has 4 nitrogen and oxygen atoms in total. The van der Waals surface area contributed by atoms with Crippen LogP contribution < -0.4 is 16.4 Å². The van der Waals surface area contributed by atoms with Crippen molar-refractivity contribution in [1.29, 1.82) is 0 Å². The number of aromatic nitrogens is 4. The smallest absolute Gasteiger partial charge is 0.245 e. The van der Waals surface area contributed by atoms with E-state index in [0.717, 1.165) is 44.8 Å². The third-order valence-corrected chi connectivity index (χ3v) is 19.1. The quantitative estimate of drug-likeness (QED) is 0.146. The number of benzene rings is 13. The Balaban J connectivity index is 0.916. The number of rotatable bonds is 7. The number of fused-ring (bicyclic) bond motifs is 14. The molecule has 17 aromatic rings. The zero-order chi connectivity index (χ0) is 55.0. The lowest BCUT2D eigenvalue weighted by atomic mass is 9.35. The van der Waals surface area contributed by atoms with Gasteiger partial charge in [-0.1, -0.05) is 222 Å². The van der Waals surface area contributed by atoms with Gasteiger partial charge in [0.15, 0.2) is 0 Å². The Kier molecular flexibility index (Phi) is 10.4. The van der Waals surface area contributed by atoms with Gasteiger partial charge in [0.2, 0.25) is 6.71 Å². The molecule has 84 heavy (non-hydrogen) atoms. The Morgan fingerprint density at radius 2 is 0.607 bits per heavy atom. The highest BCUT2D eigenvalue weighted by Gasteiger charge is 2.35. The maximum absolute atomic E-state index is 2.54. The normalized spacial score (nSPS) is 12.5. The minimum Gasteiger partial charge on any atom is -0.309 e. The van der Waals surface area contributed by atoms with Gasteiger partial charge in [0.25, 0.3) is 0 Å². The number of para-hydroxylation sites is 5. The van der Waals surface area contributed by atoms with Crippen LogP contribution in [-0.4, -0.2) is 25.0 Å². The highest BCUT2D eigenvalue weighted by atomic mass is 32.2. The van der Waals surface area contributed by atoms with Crippen molar-refractivity contribution in [3.8, 4) is 45.0 Å². The summed E-state index contributed by atoms with van der Waals surface area (Å²) in [6.07, 6.45) is 0. The van der Waals surface area contributed by atoms with E-state index in [1.807, 2.05) is 11.8 Å². The van der Waals surface area contributed by atoms with Gasteiger partial charge in [-0.15, -0.1) is 0 Å². The van der Waals surface area contributed by atoms with Crippen molar-refractivity contribution in [3.63, 3.8) is 0 Å². The average molecular weight is 1090 g/mol. The minimum atomic E-state index is -0.0290. The van der Waals surface area contributed by atoms with E-state index in [0.29, 0.717) is 0 Å². The summed E-state index contributed by atoms with van der Waals surface area (Å²) in [5.41, 5.74) is 22.8. The predicted molar refractivity (Wildman–Crippen MR) is 356 cm³/mol. The first-order valence-electron chi connectivity index (χ1n) is 28.9. The summed E-state index contributed by atoms with van der Waals surface area (Å²) in [6.45, 7) is -0.0290. The molecule has 0 atom stereocenters. The predicted octanol–water partition coefficient (Wildman–Crippen LogP) is 18.4. The lowest BCUT2D eigenvalue weighted by Gasteiger charge is -2.30. The standard InChI is InChI=1S/C78H49BN4S/c1-4-21-50(22-5-1)56-31-20-32-57(51-23-6-2-7-24-51)78(56)79-66-33-14-19-38-76(66)84-77-47-55(39-42-67(77)79)83-73-44-41-54(82-70-36-17-12-29-60(70)61-30-13-18-37-71(61)82)46-63(73)65-48-64-62-45-53(81-68-34-15-10-27-58(68)59-28-11-16-35-69(59)81)40-43-72(62)80(74(64)49-75(65)83)52-25-8-3-9-26-52/h1-49H. The molecular weight excluding hydrogens is 1040 g/mol. The molecule has 4 aromatic heterocycles. The fraction of sp³-hybridized carbons (Fsp3) is 0. The van der Waals surface area contributed by atoms with Crippen LogP contribution in [0.4, 0.5) is 0 Å². The molecule has 0 saturated carbocycles. The summed E-state index contributed by atoms with van der Waals surface area (Å²) in [6, 6.07) is 111. The van der Waals surface area contributed by atoms with E-state index in [-0.39, 0.29) is 6.71 Å². The molecule has 0 amide bonds. The molecule has 0 bridgehead atoms. The van der Waals surface area contributed by atoms with Crippen molar-refractivity contribution in [3.05, 3.63) is 297 Å². The monoisotopic (exact) mass is 1080 g/mol. The molecular formula is C78H49BN4S. The maximum Gasteiger partial charge on any atom is 0.245 e. The molecule has 6 heteroatoms. The largest absolute Gasteiger partial charge is 0.309 e. The molecule has 0 radical (unpaired) electrons. The molecule has 1 aliphatic rings. The Hall–Kier alpha value is -10.5. The first-order chi connectivity index (χ1) is 41.7. The van der Waals surface area contributed by atoms with Crippen LogP contribution in [0.5, 0.6) is 0 Å². The van der Waals surface area contributed by atoms with Crippen LogP contribution in [0.15, 0.2) is 307 Å². The molecule has 0 aliphatic carbocycles. The van der Waals surface area contributed by atoms with Gasteiger partial charge in [0, 0.05) is 75.6 Å². The molecule has 0 fully saturated rings. The third-order valence-electron chi connectivity index (χ3n) is 17.9. The second-order valence-corrected chi connectivity index (χ2v) is 23.4. The van der Waals surface area contributed by atoms with Crippen LogP contribution in [0.3, 0.4) is 0 Å². The fourth-order valence-electron chi connectivity index (χ4n) is 14.3. The molecule has 0 unspecified atom stereocenters. The van der Waals surface area contributed by atoms with Crippen molar-refractivity contribution in [1.82, 2.24) is 18.3 Å². The Bertz CT molecular complexity index is 5370. The van der Waals surface area contributed by atoms with Gasteiger partial charge in [-0.3, -0.25) is 0 Å². The van der Waals surface area contributed by atoms with Gasteiger partial charge >= 0.3 is 0 Å². The minimum absolute atomic E-state index is 0.0290. The van der Waals surface area contributed by atoms with E-state index < -0.39 is 0 Å². The van der Waals surface area contributed by atoms with Crippen molar-refractivity contribution in [2.24, 2.45) is 0 Å². The average Bonchev–Trinajstić information content (AvgIpc) is 1.81. The summed E-state index contributed by atoms with van der Waals surface area (Å²) in [5, 5.41) is 9.81. The molecule has 13 aromatic carbocycles. The first kappa shape index (κ1) is 47.1. The van der Waals surface area contributed by atoms with Gasteiger partial charge in [-0.2, -0.15) is 0 Å². The van der Waals surface area contributed by atoms with Gasteiger partial charge in [0.05, 0.1) is 44.1 Å². The van der Waals surface area contributed by atoms with Gasteiger partial charge < -0.3 is 18.3 Å². The van der Waals surface area contributed by atoms with Gasteiger partial charge in [-0.05, 0) is 125 Å². The van der Waals surface area contributed by atoms with E-state index in [9.17, 15) is 0 Å². The fourth-order valence-corrected chi connectivity index (χ4v) is 15.5. The van der Waals surface area contributed by atoms with E-state index in [4.69, 9.17) is 0 Å². The van der Waals surface area contributed by atoms with Gasteiger partial charge in [0.1, 0.15) is 0 Å². The topological polar surface area (TPSA) is 19.7 Å². The maximum atomic E-state index is 2.54. The van der Waals surface area contributed by atoms with Crippen molar-refractivity contribution < 1.29 is 0 Å². The molecule has 390 valence electrons. The zero-order valence-electron chi connectivity index (χ0n) is 45.6. The Morgan fingerprint density at radius 1 is 0.226 bits per heavy atom. The third kappa shape index (κ3) is 6.98. The molecule has 0 saturated heterocycles. The zero-order valence-corrected chi connectivity index (χ0v) is 46.4. The number of hydrogen-bond acceptors (Lipinski definition) is 1. The number of nitrogens with zero attached hydrogens (tertiary/aromatic N) is 4. The molecule has 0 spiro atoms. The van der Waals surface area contributed by atoms with Crippen LogP contribution in [0.25, 0.3) is 132 Å². The Labute approximate surface area is 489 Å². The van der Waals surface area contributed by atoms with E-state index in [1.54, 1.807) is 0 Å². The molecule has 5 heterocycles. The van der Waals surface area contributed by atoms with Crippen molar-refractivity contribution in [2.75, 3.05) is 0 Å². The number of hydrogen-bond donors (Lipinski definition) is 0. The summed E-state index contributed by atoms with van der Waals surface area (Å²) in [4.78, 5) is 2.54. The van der Waals surface area contributed by atoms with E-state index in [2.05, 4.69) is 316 Å². The van der Waals surface area contributed by atoms with Crippen molar-refractivity contribution in [2.45, 2.75) is 9.79 Å². The van der Waals surface area contributed by atoms with E-state index in [1.165, 1.54) is 114 Å². The first-order valence-corrected chi connectivity index (χ1v) is 29.8. The van der Waals surface area contributed by atoms with Crippen LogP contribution in [0.2, 0.25) is 0 Å². The lowest BCUT2D eigenvalue weighted by Crippen LogP contribution is -2.56. The molecule has 18 rings (SSSR count). The summed E-state index contributed by atoms with van der Waals surface area (Å²) in [7, 11) is 0. The van der Waals surface area contributed by atoms with E-state index >= 15 is 0 Å². The second kappa shape index (κ2) is 18.5. The SMILES string of the molecule is c1ccc(-c2cccc(-c3ccccc3)c2B2c3ccccc3Sc3cc(-n4c5ccc(-n6c7ccccc7c7ccccc76)cc5c5cc6c7cc(-n8c9ccccc9c9ccccc98)ccc7n(-c7ccccc7)c6cc54)ccc32)cc1. The van der Waals surface area contributed by atoms with Crippen LogP contribution in [0.1, 0.15) is 0 Å². The molecule has 1 aliphatic heterocycles. The Morgan fingerprint density at radius 3 is 1.13 bits per heavy atom. The van der Waals surface area contributed by atoms with Crippen molar-refractivity contribution >= 4 is 122 Å². The van der Waals surface area contributed by atoms with Gasteiger partial charge in [-0.25, -0.2) is 0 Å². The van der Waals surface area contributed by atoms with Crippen LogP contribution in [0, 0.1) is 0 Å². The highest BCUT2D eigenvalue weighted by molar-refractivity contribution is 8.00. The summed E-state index contributed by atoms with van der Waals surface area (Å²) >= 11 is 1.89. The highest BCUT2D eigenvalue weighted by Crippen LogP contribution is 2.44. The second-order valence-electron chi connectivity index (χ2n) is 22.3. The lowest BCUT2D eigenvalue weighted by molar-refractivity contribution is 1.15. The van der Waals surface area contributed by atoms with Crippen LogP contribution in [-0.2, 0) is 0 Å². The molecule has 0 N–H and O–H groups in total. The summed E-state index contributed by atoms with van der Waals surface area (Å²) in [5.74, 6) is 0.